The molecule has 2 aromatic heterocycles. The lowest BCUT2D eigenvalue weighted by Gasteiger charge is -2.08. The van der Waals surface area contributed by atoms with Crippen molar-refractivity contribution in [3.63, 3.8) is 0 Å². The maximum Gasteiger partial charge on any atom is 0.139 e. The Balaban J connectivity index is 0.977. The highest BCUT2D eigenvalue weighted by Crippen LogP contribution is 2.34. The number of para-hydroxylation sites is 4. The van der Waals surface area contributed by atoms with E-state index in [2.05, 4.69) is 105 Å². The minimum atomic E-state index is 0.803. The molecule has 252 valence electrons. The third kappa shape index (κ3) is 7.76. The largest absolute Gasteiger partial charge is 0.455 e. The monoisotopic (exact) mass is 646 g/mol. The number of hydrogen-bond acceptors (Lipinski definition) is 8. The van der Waals surface area contributed by atoms with Gasteiger partial charge in [0.25, 0.3) is 0 Å². The Labute approximate surface area is 283 Å². The molecule has 8 heteroatoms. The van der Waals surface area contributed by atoms with Gasteiger partial charge in [-0.15, -0.1) is 0 Å². The molecular formula is C40H50N6O2. The Bertz CT molecular complexity index is 1660. The lowest BCUT2D eigenvalue weighted by atomic mass is 10.1. The van der Waals surface area contributed by atoms with Crippen molar-refractivity contribution in [2.24, 2.45) is 0 Å². The van der Waals surface area contributed by atoms with Gasteiger partial charge in [0, 0.05) is 70.0 Å². The molecule has 0 saturated carbocycles. The predicted octanol–water partition coefficient (Wildman–Crippen LogP) is 6.30. The van der Waals surface area contributed by atoms with Gasteiger partial charge in [0.15, 0.2) is 0 Å². The molecule has 0 fully saturated rings. The fourth-order valence-corrected chi connectivity index (χ4v) is 6.93. The first-order chi connectivity index (χ1) is 23.9. The zero-order valence-corrected chi connectivity index (χ0v) is 28.1. The molecular weight excluding hydrogens is 596 g/mol. The third-order valence-electron chi connectivity index (χ3n) is 9.47. The average molecular weight is 647 g/mol. The van der Waals surface area contributed by atoms with Crippen LogP contribution < -0.4 is 31.9 Å². The van der Waals surface area contributed by atoms with Gasteiger partial charge in [-0.25, -0.2) is 0 Å². The first-order valence-corrected chi connectivity index (χ1v) is 17.9. The van der Waals surface area contributed by atoms with Crippen molar-refractivity contribution in [3.8, 4) is 0 Å². The van der Waals surface area contributed by atoms with E-state index in [0.29, 0.717) is 0 Å². The van der Waals surface area contributed by atoms with E-state index in [1.165, 1.54) is 43.8 Å². The molecule has 7 rings (SSSR count). The van der Waals surface area contributed by atoms with Gasteiger partial charge in [0.2, 0.25) is 0 Å². The molecule has 6 aromatic rings. The predicted molar refractivity (Wildman–Crippen MR) is 198 cm³/mol. The Morgan fingerprint density at radius 1 is 0.312 bits per heavy atom. The summed E-state index contributed by atoms with van der Waals surface area (Å²) in [6, 6.07) is 26.1. The quantitative estimate of drug-likeness (QED) is 0.115. The van der Waals surface area contributed by atoms with Crippen molar-refractivity contribution in [1.82, 2.24) is 31.9 Å². The number of benzene rings is 4. The molecule has 3 heterocycles. The first-order valence-electron chi connectivity index (χ1n) is 17.9. The topological polar surface area (TPSA) is 98.5 Å². The van der Waals surface area contributed by atoms with Crippen LogP contribution >= 0.6 is 0 Å². The molecule has 48 heavy (non-hydrogen) atoms. The van der Waals surface area contributed by atoms with Gasteiger partial charge < -0.3 is 40.7 Å². The van der Waals surface area contributed by atoms with Crippen LogP contribution in [0.2, 0.25) is 0 Å². The number of furan rings is 2. The Morgan fingerprint density at radius 2 is 0.562 bits per heavy atom. The van der Waals surface area contributed by atoms with E-state index in [1.807, 2.05) is 0 Å². The molecule has 0 saturated heterocycles. The summed E-state index contributed by atoms with van der Waals surface area (Å²) in [4.78, 5) is 0. The van der Waals surface area contributed by atoms with Crippen LogP contribution in [0.3, 0.4) is 0 Å². The van der Waals surface area contributed by atoms with Crippen LogP contribution in [0.15, 0.2) is 81.6 Å². The maximum atomic E-state index is 6.54. The smallest absolute Gasteiger partial charge is 0.139 e. The van der Waals surface area contributed by atoms with Gasteiger partial charge in [-0.3, -0.25) is 0 Å². The van der Waals surface area contributed by atoms with Gasteiger partial charge in [-0.1, -0.05) is 72.8 Å². The van der Waals surface area contributed by atoms with Crippen molar-refractivity contribution < 1.29 is 8.83 Å². The molecule has 4 aromatic carbocycles. The van der Waals surface area contributed by atoms with E-state index >= 15 is 0 Å². The van der Waals surface area contributed by atoms with Crippen LogP contribution in [-0.4, -0.2) is 52.4 Å². The van der Waals surface area contributed by atoms with Crippen LogP contribution in [0.5, 0.6) is 0 Å². The van der Waals surface area contributed by atoms with Crippen LogP contribution in [0.1, 0.15) is 47.9 Å². The third-order valence-corrected chi connectivity index (χ3v) is 9.47. The molecule has 0 aliphatic carbocycles. The fourth-order valence-electron chi connectivity index (χ4n) is 6.93. The molecule has 0 atom stereocenters. The lowest BCUT2D eigenvalue weighted by Crippen LogP contribution is -2.25. The SMILES string of the molecule is c1cc2c3oc4c(cccc4c3c1)CNCCCNCCCNCc1cccc3c1oc1c(cccc13)CNCCCNCCCNC2. The highest BCUT2D eigenvalue weighted by atomic mass is 16.3. The standard InChI is InChI=1S/C40H50N6O2/c1-9-29-25-43-21-5-17-41-18-7-23-45-27-31-11-3-15-35-36-16-4-12-32(40(36)48-39(31)35)28-46-24-8-20-42-19-6-22-44-26-30-10-2-14-34-33(13-1)37(29)47-38(30)34/h1-4,9-16,41-46H,5-8,17-28H2. The van der Waals surface area contributed by atoms with E-state index < -0.39 is 0 Å². The van der Waals surface area contributed by atoms with Crippen LogP contribution in [-0.2, 0) is 26.2 Å². The highest BCUT2D eigenvalue weighted by Gasteiger charge is 2.15. The normalized spacial score (nSPS) is 17.8. The van der Waals surface area contributed by atoms with Gasteiger partial charge in [-0.05, 0) is 78.0 Å². The molecule has 0 spiro atoms. The second-order valence-corrected chi connectivity index (χ2v) is 13.0. The Hall–Kier alpha value is -3.76. The highest BCUT2D eigenvalue weighted by molar-refractivity contribution is 6.07. The van der Waals surface area contributed by atoms with Gasteiger partial charge >= 0.3 is 0 Å². The maximum absolute atomic E-state index is 6.54. The summed E-state index contributed by atoms with van der Waals surface area (Å²) in [5.74, 6) is 0. The number of fused-ring (bicyclic) bond motifs is 2. The summed E-state index contributed by atoms with van der Waals surface area (Å²) >= 11 is 0. The number of hydrogen-bond donors (Lipinski definition) is 6. The van der Waals surface area contributed by atoms with Crippen molar-refractivity contribution in [3.05, 3.63) is 95.1 Å². The van der Waals surface area contributed by atoms with Gasteiger partial charge in [0.05, 0.1) is 0 Å². The van der Waals surface area contributed by atoms with Crippen molar-refractivity contribution in [2.45, 2.75) is 51.9 Å². The second-order valence-electron chi connectivity index (χ2n) is 13.0. The fraction of sp³-hybridized carbons (Fsp3) is 0.400. The van der Waals surface area contributed by atoms with Crippen molar-refractivity contribution in [2.75, 3.05) is 52.4 Å². The van der Waals surface area contributed by atoms with Crippen molar-refractivity contribution in [1.29, 1.82) is 0 Å². The van der Waals surface area contributed by atoms with Gasteiger partial charge in [0.1, 0.15) is 22.3 Å². The zero-order chi connectivity index (χ0) is 32.4. The summed E-state index contributed by atoms with van der Waals surface area (Å²) in [6.45, 7) is 11.1. The molecule has 1 aliphatic heterocycles. The van der Waals surface area contributed by atoms with E-state index in [0.717, 1.165) is 127 Å². The lowest BCUT2D eigenvalue weighted by molar-refractivity contribution is 0.559. The van der Waals surface area contributed by atoms with E-state index in [9.17, 15) is 0 Å². The molecule has 1 aliphatic rings. The minimum Gasteiger partial charge on any atom is -0.455 e. The van der Waals surface area contributed by atoms with E-state index in [4.69, 9.17) is 8.83 Å². The molecule has 8 nitrogen and oxygen atoms in total. The summed E-state index contributed by atoms with van der Waals surface area (Å²) < 4.78 is 13.1. The minimum absolute atomic E-state index is 0.803. The molecule has 6 N–H and O–H groups in total. The van der Waals surface area contributed by atoms with Gasteiger partial charge in [-0.2, -0.15) is 0 Å². The number of rotatable bonds is 0. The summed E-state index contributed by atoms with van der Waals surface area (Å²) in [7, 11) is 0. The summed E-state index contributed by atoms with van der Waals surface area (Å²) in [5.41, 5.74) is 8.87. The molecule has 0 radical (unpaired) electrons. The number of nitrogens with one attached hydrogen (secondary N) is 6. The summed E-state index contributed by atoms with van der Waals surface area (Å²) in [5, 5.41) is 26.6. The molecule has 4 bridgehead atoms. The van der Waals surface area contributed by atoms with Crippen molar-refractivity contribution >= 4 is 43.9 Å². The van der Waals surface area contributed by atoms with Crippen LogP contribution in [0.25, 0.3) is 43.9 Å². The first kappa shape index (κ1) is 32.8. The summed E-state index contributed by atoms with van der Waals surface area (Å²) in [6.07, 6.45) is 4.34. The zero-order valence-electron chi connectivity index (χ0n) is 28.1. The second kappa shape index (κ2) is 16.6. The Kier molecular flexibility index (Phi) is 11.3. The molecule has 0 amide bonds. The van der Waals surface area contributed by atoms with Crippen LogP contribution in [0.4, 0.5) is 0 Å². The average Bonchev–Trinajstić information content (AvgIpc) is 3.70. The van der Waals surface area contributed by atoms with Crippen LogP contribution in [0, 0.1) is 0 Å². The van der Waals surface area contributed by atoms with E-state index in [1.54, 1.807) is 0 Å². The van der Waals surface area contributed by atoms with E-state index in [-0.39, 0.29) is 0 Å². The molecule has 0 unspecified atom stereocenters. The Morgan fingerprint density at radius 3 is 0.833 bits per heavy atom.